The number of phenols is 1. The first-order valence-electron chi connectivity index (χ1n) is 11.2. The highest BCUT2D eigenvalue weighted by Crippen LogP contribution is 2.35. The lowest BCUT2D eigenvalue weighted by Crippen LogP contribution is -2.33. The number of aryl methyl sites for hydroxylation is 2. The van der Waals surface area contributed by atoms with Crippen LogP contribution in [0.3, 0.4) is 0 Å². The van der Waals surface area contributed by atoms with Gasteiger partial charge in [0.2, 0.25) is 0 Å². The third-order valence-electron chi connectivity index (χ3n) is 6.32. The van der Waals surface area contributed by atoms with Gasteiger partial charge in [-0.2, -0.15) is 0 Å². The van der Waals surface area contributed by atoms with Gasteiger partial charge >= 0.3 is 0 Å². The van der Waals surface area contributed by atoms with Gasteiger partial charge in [0.1, 0.15) is 11.6 Å². The Kier molecular flexibility index (Phi) is 5.38. The normalized spacial score (nSPS) is 18.2. The summed E-state index contributed by atoms with van der Waals surface area (Å²) in [5.74, 6) is 0.849. The zero-order valence-electron chi connectivity index (χ0n) is 18.8. The zero-order valence-corrected chi connectivity index (χ0v) is 18.8. The van der Waals surface area contributed by atoms with Crippen molar-refractivity contribution in [1.29, 1.82) is 0 Å². The Morgan fingerprint density at radius 2 is 1.79 bits per heavy atom. The molecule has 2 N–H and O–H groups in total. The lowest BCUT2D eigenvalue weighted by Gasteiger charge is -2.25. The minimum atomic E-state index is -0.611. The Labute approximate surface area is 192 Å². The maximum absolute atomic E-state index is 13.4. The number of phenolic OH excluding ortho intramolecular Hbond substituents is 1. The van der Waals surface area contributed by atoms with Crippen LogP contribution in [0.25, 0.3) is 11.0 Å². The van der Waals surface area contributed by atoms with Gasteiger partial charge in [-0.1, -0.05) is 35.9 Å². The molecule has 2 atom stereocenters. The van der Waals surface area contributed by atoms with E-state index in [0.717, 1.165) is 33.5 Å². The van der Waals surface area contributed by atoms with Crippen molar-refractivity contribution >= 4 is 16.9 Å². The second-order valence-corrected chi connectivity index (χ2v) is 8.95. The first-order chi connectivity index (χ1) is 15.9. The first kappa shape index (κ1) is 21.2. The summed E-state index contributed by atoms with van der Waals surface area (Å²) in [6.07, 6.45) is -0.180. The molecule has 33 heavy (non-hydrogen) atoms. The number of aliphatic hydroxyl groups excluding tert-OH is 1. The number of aliphatic hydroxyl groups is 1. The quantitative estimate of drug-likeness (QED) is 0.493. The summed E-state index contributed by atoms with van der Waals surface area (Å²) in [6, 6.07) is 20.5. The number of rotatable bonds is 4. The topological polar surface area (TPSA) is 78.6 Å². The molecule has 1 aliphatic heterocycles. The van der Waals surface area contributed by atoms with E-state index < -0.39 is 6.10 Å². The number of carbonyl (C=O) groups is 1. The number of amides is 1. The van der Waals surface area contributed by atoms with Crippen molar-refractivity contribution in [1.82, 2.24) is 14.5 Å². The summed E-state index contributed by atoms with van der Waals surface area (Å²) in [7, 11) is 0. The van der Waals surface area contributed by atoms with Crippen LogP contribution in [0.1, 0.15) is 45.3 Å². The van der Waals surface area contributed by atoms with Gasteiger partial charge in [0, 0.05) is 25.1 Å². The number of likely N-dealkylation sites (tertiary alicyclic amines) is 1. The van der Waals surface area contributed by atoms with Crippen molar-refractivity contribution in [2.75, 3.05) is 6.54 Å². The SMILES string of the molecule is Cc1ccc(C(=O)N2C[C@H](O)C[C@@H]2c2nc3cc(C)ccc3n2Cc2cccc(O)c2)cc1. The minimum absolute atomic E-state index is 0.108. The van der Waals surface area contributed by atoms with Crippen LogP contribution in [0, 0.1) is 13.8 Å². The number of benzene rings is 3. The number of carbonyl (C=O) groups excluding carboxylic acids is 1. The van der Waals surface area contributed by atoms with Crippen molar-refractivity contribution in [3.8, 4) is 5.75 Å². The summed E-state index contributed by atoms with van der Waals surface area (Å²) in [5.41, 5.74) is 5.55. The standard InChI is InChI=1S/C27H27N3O3/c1-17-6-9-20(10-7-17)27(33)30-16-22(32)14-25(30)26-28-23-12-18(2)8-11-24(23)29(26)15-19-4-3-5-21(31)13-19/h3-13,22,25,31-32H,14-16H2,1-2H3/t22-,25-/m1/s1. The maximum atomic E-state index is 13.4. The van der Waals surface area contributed by atoms with Gasteiger partial charge in [-0.3, -0.25) is 4.79 Å². The molecule has 1 aliphatic rings. The lowest BCUT2D eigenvalue weighted by atomic mass is 10.1. The fraction of sp³-hybridized carbons (Fsp3) is 0.259. The van der Waals surface area contributed by atoms with E-state index in [2.05, 4.69) is 4.57 Å². The highest BCUT2D eigenvalue weighted by Gasteiger charge is 2.38. The highest BCUT2D eigenvalue weighted by atomic mass is 16.3. The number of hydrogen-bond donors (Lipinski definition) is 2. The van der Waals surface area contributed by atoms with Crippen LogP contribution in [0.4, 0.5) is 0 Å². The Morgan fingerprint density at radius 1 is 1.03 bits per heavy atom. The third kappa shape index (κ3) is 4.10. The van der Waals surface area contributed by atoms with Gasteiger partial charge in [0.05, 0.1) is 23.2 Å². The van der Waals surface area contributed by atoms with Gasteiger partial charge in [-0.15, -0.1) is 0 Å². The first-order valence-corrected chi connectivity index (χ1v) is 11.2. The number of aromatic hydroxyl groups is 1. The van der Waals surface area contributed by atoms with E-state index in [1.807, 2.05) is 68.4 Å². The van der Waals surface area contributed by atoms with Crippen molar-refractivity contribution < 1.29 is 15.0 Å². The molecular formula is C27H27N3O3. The van der Waals surface area contributed by atoms with Crippen LogP contribution in [0.5, 0.6) is 5.75 Å². The van der Waals surface area contributed by atoms with E-state index >= 15 is 0 Å². The predicted octanol–water partition coefficient (Wildman–Crippen LogP) is 4.36. The van der Waals surface area contributed by atoms with Crippen molar-refractivity contribution in [2.24, 2.45) is 0 Å². The monoisotopic (exact) mass is 441 g/mol. The molecule has 1 saturated heterocycles. The smallest absolute Gasteiger partial charge is 0.254 e. The molecule has 0 saturated carbocycles. The fourth-order valence-corrected chi connectivity index (χ4v) is 4.66. The predicted molar refractivity (Wildman–Crippen MR) is 127 cm³/mol. The molecule has 1 aromatic heterocycles. The van der Waals surface area contributed by atoms with E-state index in [1.165, 1.54) is 0 Å². The molecule has 0 bridgehead atoms. The van der Waals surface area contributed by atoms with Gasteiger partial charge in [-0.05, 0) is 61.4 Å². The van der Waals surface area contributed by atoms with Gasteiger partial charge in [-0.25, -0.2) is 4.98 Å². The van der Waals surface area contributed by atoms with E-state index in [4.69, 9.17) is 4.98 Å². The molecule has 5 rings (SSSR count). The number of fused-ring (bicyclic) bond motifs is 1. The molecule has 0 radical (unpaired) electrons. The summed E-state index contributed by atoms with van der Waals surface area (Å²) in [5, 5.41) is 20.5. The zero-order chi connectivity index (χ0) is 23.1. The Balaban J connectivity index is 1.59. The summed E-state index contributed by atoms with van der Waals surface area (Å²) < 4.78 is 2.10. The maximum Gasteiger partial charge on any atom is 0.254 e. The molecule has 4 aromatic rings. The molecule has 0 unspecified atom stereocenters. The van der Waals surface area contributed by atoms with Crippen molar-refractivity contribution in [3.63, 3.8) is 0 Å². The summed E-state index contributed by atoms with van der Waals surface area (Å²) >= 11 is 0. The molecule has 6 nitrogen and oxygen atoms in total. The largest absolute Gasteiger partial charge is 0.508 e. The molecule has 168 valence electrons. The van der Waals surface area contributed by atoms with Crippen molar-refractivity contribution in [2.45, 2.75) is 39.0 Å². The number of imidazole rings is 1. The number of aromatic nitrogens is 2. The van der Waals surface area contributed by atoms with Crippen LogP contribution in [0.2, 0.25) is 0 Å². The Hall–Kier alpha value is -3.64. The van der Waals surface area contributed by atoms with Crippen LogP contribution < -0.4 is 0 Å². The van der Waals surface area contributed by atoms with Crippen LogP contribution in [-0.2, 0) is 6.54 Å². The number of hydrogen-bond acceptors (Lipinski definition) is 4. The molecule has 0 aliphatic carbocycles. The average molecular weight is 442 g/mol. The van der Waals surface area contributed by atoms with Gasteiger partial charge in [0.25, 0.3) is 5.91 Å². The van der Waals surface area contributed by atoms with Gasteiger partial charge < -0.3 is 19.7 Å². The molecule has 2 heterocycles. The molecule has 1 fully saturated rings. The molecule has 3 aromatic carbocycles. The number of nitrogens with zero attached hydrogens (tertiary/aromatic N) is 3. The van der Waals surface area contributed by atoms with E-state index in [0.29, 0.717) is 18.5 Å². The molecular weight excluding hydrogens is 414 g/mol. The van der Waals surface area contributed by atoms with E-state index in [1.54, 1.807) is 17.0 Å². The van der Waals surface area contributed by atoms with Crippen LogP contribution >= 0.6 is 0 Å². The van der Waals surface area contributed by atoms with E-state index in [-0.39, 0.29) is 24.2 Å². The molecule has 0 spiro atoms. The van der Waals surface area contributed by atoms with Gasteiger partial charge in [0.15, 0.2) is 0 Å². The Morgan fingerprint density at radius 3 is 2.55 bits per heavy atom. The minimum Gasteiger partial charge on any atom is -0.508 e. The van der Waals surface area contributed by atoms with Crippen LogP contribution in [-0.4, -0.2) is 43.2 Å². The summed E-state index contributed by atoms with van der Waals surface area (Å²) in [6.45, 7) is 4.79. The average Bonchev–Trinajstić information content (AvgIpc) is 3.34. The Bertz CT molecular complexity index is 1330. The van der Waals surface area contributed by atoms with Crippen LogP contribution in [0.15, 0.2) is 66.7 Å². The second kappa shape index (κ2) is 8.37. The molecule has 6 heteroatoms. The highest BCUT2D eigenvalue weighted by molar-refractivity contribution is 5.94. The van der Waals surface area contributed by atoms with Crippen molar-refractivity contribution in [3.05, 3.63) is 94.8 Å². The number of β-amino-alcohol motifs (C(OH)–C–C–N with tert-alkyl or cyclic N) is 1. The summed E-state index contributed by atoms with van der Waals surface area (Å²) in [4.78, 5) is 20.1. The molecule has 1 amide bonds. The van der Waals surface area contributed by atoms with E-state index in [9.17, 15) is 15.0 Å². The fourth-order valence-electron chi connectivity index (χ4n) is 4.66. The third-order valence-corrected chi connectivity index (χ3v) is 6.32. The lowest BCUT2D eigenvalue weighted by molar-refractivity contribution is 0.0709. The second-order valence-electron chi connectivity index (χ2n) is 8.95.